The molecule has 0 nitrogen and oxygen atoms in total. The van der Waals surface area contributed by atoms with Gasteiger partial charge in [0.15, 0.2) is 0 Å². The van der Waals surface area contributed by atoms with Crippen LogP contribution in [0.15, 0.2) is 42.2 Å². The summed E-state index contributed by atoms with van der Waals surface area (Å²) < 4.78 is 0. The Morgan fingerprint density at radius 2 is 2.05 bits per heavy atom. The Kier molecular flexibility index (Phi) is 2.92. The molecule has 3 fully saturated rings. The zero-order chi connectivity index (χ0) is 14.7. The van der Waals surface area contributed by atoms with Crippen molar-refractivity contribution in [1.29, 1.82) is 0 Å². The van der Waals surface area contributed by atoms with Crippen molar-refractivity contribution in [2.24, 2.45) is 34.5 Å². The number of fused-ring (bicyclic) bond motifs is 5. The zero-order valence-electron chi connectivity index (χ0n) is 13.6. The van der Waals surface area contributed by atoms with Gasteiger partial charge in [0.25, 0.3) is 0 Å². The summed E-state index contributed by atoms with van der Waals surface area (Å²) in [6, 6.07) is 0. The van der Waals surface area contributed by atoms with Crippen molar-refractivity contribution in [2.45, 2.75) is 52.4 Å². The predicted octanol–water partition coefficient (Wildman–Crippen LogP) is 5.68. The maximum Gasteiger partial charge on any atom is 0.0172 e. The van der Waals surface area contributed by atoms with Gasteiger partial charge in [0.05, 0.1) is 0 Å². The average molecular weight is 280 g/mol. The Balaban J connectivity index is 1.71. The van der Waals surface area contributed by atoms with Crippen molar-refractivity contribution in [3.8, 4) is 0 Å². The molecule has 0 amide bonds. The van der Waals surface area contributed by atoms with E-state index < -0.39 is 0 Å². The van der Waals surface area contributed by atoms with Crippen LogP contribution in [-0.2, 0) is 0 Å². The minimum Gasteiger partial charge on any atom is -0.121 e. The van der Waals surface area contributed by atoms with Crippen LogP contribution in [0.2, 0.25) is 0 Å². The monoisotopic (exact) mass is 280 g/mol. The van der Waals surface area contributed by atoms with E-state index in [0.29, 0.717) is 10.8 Å². The highest BCUT2D eigenvalue weighted by molar-refractivity contribution is 5.32. The van der Waals surface area contributed by atoms with E-state index in [4.69, 9.17) is 0 Å². The normalized spacial score (nSPS) is 50.9. The zero-order valence-corrected chi connectivity index (χ0v) is 13.6. The fourth-order valence-electron chi connectivity index (χ4n) is 6.52. The van der Waals surface area contributed by atoms with Gasteiger partial charge in [-0.25, -0.2) is 0 Å². The van der Waals surface area contributed by atoms with E-state index in [9.17, 15) is 0 Å². The number of rotatable bonds is 1. The van der Waals surface area contributed by atoms with Crippen LogP contribution in [0.3, 0.4) is 0 Å². The third-order valence-corrected chi connectivity index (χ3v) is 7.74. The summed E-state index contributed by atoms with van der Waals surface area (Å²) in [6.07, 6.45) is 17.4. The molecule has 0 N–H and O–H groups in total. The van der Waals surface area contributed by atoms with Gasteiger partial charge in [-0.3, -0.25) is 0 Å². The lowest BCUT2D eigenvalue weighted by atomic mass is 9.48. The fraction of sp³-hybridized carbons (Fsp3) is 0.667. The molecule has 0 radical (unpaired) electrons. The van der Waals surface area contributed by atoms with Crippen molar-refractivity contribution in [1.82, 2.24) is 0 Å². The average Bonchev–Trinajstić information content (AvgIpc) is 2.83. The third-order valence-electron chi connectivity index (χ3n) is 7.74. The van der Waals surface area contributed by atoms with Gasteiger partial charge in [-0.1, -0.05) is 32.1 Å². The van der Waals surface area contributed by atoms with Crippen LogP contribution in [0, 0.1) is 34.5 Å². The highest BCUT2D eigenvalue weighted by atomic mass is 14.6. The first-order valence-corrected chi connectivity index (χ1v) is 8.86. The van der Waals surface area contributed by atoms with Gasteiger partial charge in [-0.15, -0.1) is 12.3 Å². The molecular formula is C21H28. The molecule has 112 valence electrons. The second-order valence-corrected chi connectivity index (χ2v) is 8.31. The number of hydrogen-bond acceptors (Lipinski definition) is 0. The molecule has 0 saturated heterocycles. The van der Waals surface area contributed by atoms with Crippen LogP contribution in [0.1, 0.15) is 52.4 Å². The summed E-state index contributed by atoms with van der Waals surface area (Å²) in [5, 5.41) is 0. The SMILES string of the molecule is C=C[C@H]1CC[C@H]2[C@@H]3CCC4=C=CC=C[C@]4(C)[C@H]3CC[C@]12C. The molecule has 6 atom stereocenters. The molecule has 4 aliphatic rings. The van der Waals surface area contributed by atoms with Crippen LogP contribution in [-0.4, -0.2) is 0 Å². The largest absolute Gasteiger partial charge is 0.121 e. The van der Waals surface area contributed by atoms with E-state index in [-0.39, 0.29) is 0 Å². The van der Waals surface area contributed by atoms with Gasteiger partial charge >= 0.3 is 0 Å². The highest BCUT2D eigenvalue weighted by Gasteiger charge is 2.57. The molecule has 0 aromatic rings. The summed E-state index contributed by atoms with van der Waals surface area (Å²) in [7, 11) is 0. The minimum absolute atomic E-state index is 0.297. The fourth-order valence-corrected chi connectivity index (χ4v) is 6.52. The van der Waals surface area contributed by atoms with Crippen LogP contribution in [0.4, 0.5) is 0 Å². The van der Waals surface area contributed by atoms with E-state index >= 15 is 0 Å². The van der Waals surface area contributed by atoms with Crippen LogP contribution in [0.5, 0.6) is 0 Å². The van der Waals surface area contributed by atoms with Crippen LogP contribution >= 0.6 is 0 Å². The lowest BCUT2D eigenvalue weighted by Gasteiger charge is -2.56. The Morgan fingerprint density at radius 1 is 1.19 bits per heavy atom. The third kappa shape index (κ3) is 1.69. The first-order valence-electron chi connectivity index (χ1n) is 8.86. The topological polar surface area (TPSA) is 0 Å². The Morgan fingerprint density at radius 3 is 2.86 bits per heavy atom. The van der Waals surface area contributed by atoms with Crippen molar-refractivity contribution in [2.75, 3.05) is 0 Å². The van der Waals surface area contributed by atoms with E-state index in [1.807, 2.05) is 0 Å². The second kappa shape index (κ2) is 4.50. The summed E-state index contributed by atoms with van der Waals surface area (Å²) >= 11 is 0. The Hall–Kier alpha value is -1.00. The second-order valence-electron chi connectivity index (χ2n) is 8.31. The molecule has 0 aromatic carbocycles. The Bertz CT molecular complexity index is 559. The van der Waals surface area contributed by atoms with E-state index in [1.165, 1.54) is 38.5 Å². The molecule has 0 spiro atoms. The standard InChI is InChI=1S/C21H28/c1-4-15-9-11-18-17-10-8-16-7-5-6-13-20(16,2)19(17)12-14-21(15,18)3/h4-6,13,15,17-19H,1,8-12,14H2,2-3H3/t15-,17-,18-,19-,20-,21+/m0/s1. The van der Waals surface area contributed by atoms with Crippen LogP contribution < -0.4 is 0 Å². The molecular weight excluding hydrogens is 252 g/mol. The maximum atomic E-state index is 4.13. The molecule has 0 aliphatic heterocycles. The Labute approximate surface area is 129 Å². The van der Waals surface area contributed by atoms with Gasteiger partial charge in [0, 0.05) is 5.41 Å². The summed E-state index contributed by atoms with van der Waals surface area (Å²) in [6.45, 7) is 9.18. The van der Waals surface area contributed by atoms with Crippen LogP contribution in [0.25, 0.3) is 0 Å². The molecule has 0 unspecified atom stereocenters. The number of allylic oxidation sites excluding steroid dienone is 4. The van der Waals surface area contributed by atoms with E-state index in [2.05, 4.69) is 50.5 Å². The molecule has 4 aliphatic carbocycles. The minimum atomic E-state index is 0.297. The lowest BCUT2D eigenvalue weighted by Crippen LogP contribution is -2.48. The summed E-state index contributed by atoms with van der Waals surface area (Å²) in [4.78, 5) is 0. The molecule has 3 saturated carbocycles. The van der Waals surface area contributed by atoms with Gasteiger partial charge < -0.3 is 0 Å². The van der Waals surface area contributed by atoms with Gasteiger partial charge in [0.1, 0.15) is 0 Å². The molecule has 0 heteroatoms. The van der Waals surface area contributed by atoms with Gasteiger partial charge in [-0.05, 0) is 79.3 Å². The van der Waals surface area contributed by atoms with E-state index in [0.717, 1.165) is 23.7 Å². The van der Waals surface area contributed by atoms with Gasteiger partial charge in [0.2, 0.25) is 0 Å². The van der Waals surface area contributed by atoms with Gasteiger partial charge in [-0.2, -0.15) is 0 Å². The van der Waals surface area contributed by atoms with Crippen molar-refractivity contribution in [3.63, 3.8) is 0 Å². The smallest absolute Gasteiger partial charge is 0.0172 e. The lowest BCUT2D eigenvalue weighted by molar-refractivity contribution is -0.0259. The predicted molar refractivity (Wildman–Crippen MR) is 88.8 cm³/mol. The molecule has 0 heterocycles. The molecule has 4 rings (SSSR count). The number of hydrogen-bond donors (Lipinski definition) is 0. The van der Waals surface area contributed by atoms with E-state index in [1.54, 1.807) is 5.57 Å². The molecule has 0 aromatic heterocycles. The summed E-state index contributed by atoms with van der Waals surface area (Å²) in [5.74, 6) is 3.46. The maximum absolute atomic E-state index is 4.13. The highest BCUT2D eigenvalue weighted by Crippen LogP contribution is 2.65. The summed E-state index contributed by atoms with van der Waals surface area (Å²) in [5.41, 5.74) is 5.98. The van der Waals surface area contributed by atoms with Crippen molar-refractivity contribution >= 4 is 0 Å². The van der Waals surface area contributed by atoms with Crippen molar-refractivity contribution < 1.29 is 0 Å². The molecule has 0 bridgehead atoms. The first kappa shape index (κ1) is 13.6. The quantitative estimate of drug-likeness (QED) is 0.428. The first-order chi connectivity index (χ1) is 10.1. The molecule has 21 heavy (non-hydrogen) atoms. The van der Waals surface area contributed by atoms with Crippen molar-refractivity contribution in [3.05, 3.63) is 42.2 Å².